The molecule has 0 radical (unpaired) electrons. The van der Waals surface area contributed by atoms with Crippen LogP contribution in [0.15, 0.2) is 0 Å². The van der Waals surface area contributed by atoms with Crippen molar-refractivity contribution in [2.45, 2.75) is 26.2 Å². The molecule has 0 fully saturated rings. The minimum atomic E-state index is -5.17. The first-order valence-electron chi connectivity index (χ1n) is 3.16. The number of unbranched alkanes of at least 4 members (excludes halogenated alkanes) is 1. The molecule has 0 amide bonds. The van der Waals surface area contributed by atoms with E-state index in [1.165, 1.54) is 0 Å². The molecule has 0 unspecified atom stereocenters. The molecule has 0 aromatic heterocycles. The summed E-state index contributed by atoms with van der Waals surface area (Å²) in [6, 6.07) is 0. The van der Waals surface area contributed by atoms with E-state index >= 15 is 0 Å². The number of hydrogen-bond donors (Lipinski definition) is 1. The van der Waals surface area contributed by atoms with E-state index in [9.17, 15) is 4.79 Å². The number of carbonyl (C=O) groups is 1. The van der Waals surface area contributed by atoms with Crippen molar-refractivity contribution in [3.8, 4) is 0 Å². The van der Waals surface area contributed by atoms with Gasteiger partial charge in [0.15, 0.2) is 0 Å². The van der Waals surface area contributed by atoms with Crippen LogP contribution >= 0.6 is 0 Å². The third-order valence-corrected chi connectivity index (χ3v) is 0.744. The van der Waals surface area contributed by atoms with Gasteiger partial charge in [-0.25, -0.2) is 0 Å². The zero-order chi connectivity index (χ0) is 10.2. The number of aliphatic carboxylic acids is 1. The van der Waals surface area contributed by atoms with Gasteiger partial charge >= 0.3 is 65.1 Å². The van der Waals surface area contributed by atoms with Gasteiger partial charge in [0, 0.05) is 16.8 Å². The van der Waals surface area contributed by atoms with Crippen molar-refractivity contribution in [1.29, 1.82) is 0 Å². The molecule has 1 N–H and O–H groups in total. The fourth-order valence-electron chi connectivity index (χ4n) is 0.328. The summed E-state index contributed by atoms with van der Waals surface area (Å²) in [5, 5.41) is 8.04. The quantitative estimate of drug-likeness (QED) is 0.300. The van der Waals surface area contributed by atoms with E-state index < -0.39 is 16.4 Å². The minimum Gasteiger partial charge on any atom is -0.759 e. The van der Waals surface area contributed by atoms with Crippen molar-refractivity contribution < 1.29 is 86.5 Å². The van der Waals surface area contributed by atoms with Gasteiger partial charge in [0.2, 0.25) is 0 Å². The first-order chi connectivity index (χ1) is 5.27. The summed E-state index contributed by atoms with van der Waals surface area (Å²) in [7, 11) is -5.17. The van der Waals surface area contributed by atoms with Crippen molar-refractivity contribution in [2.24, 2.45) is 0 Å². The van der Waals surface area contributed by atoms with Gasteiger partial charge in [0.1, 0.15) is 0 Å². The van der Waals surface area contributed by atoms with E-state index in [1.54, 1.807) is 0 Å². The van der Waals surface area contributed by atoms with E-state index in [1.807, 2.05) is 6.92 Å². The summed E-state index contributed by atoms with van der Waals surface area (Å²) in [6.07, 6.45) is 2.08. The Morgan fingerprint density at radius 3 is 1.64 bits per heavy atom. The Balaban J connectivity index is -0.0000000651. The van der Waals surface area contributed by atoms with Gasteiger partial charge in [-0.1, -0.05) is 13.3 Å². The van der Waals surface area contributed by atoms with Crippen LogP contribution in [0.25, 0.3) is 0 Å². The first kappa shape index (κ1) is 24.5. The van der Waals surface area contributed by atoms with Crippen LogP contribution in [0.3, 0.4) is 0 Å². The van der Waals surface area contributed by atoms with Gasteiger partial charge in [-0.3, -0.25) is 13.2 Å². The average Bonchev–Trinajstić information content (AvgIpc) is 1.79. The third-order valence-electron chi connectivity index (χ3n) is 0.744. The van der Waals surface area contributed by atoms with E-state index in [0.29, 0.717) is 6.42 Å². The Morgan fingerprint density at radius 2 is 1.57 bits per heavy atom. The standard InChI is InChI=1S/C5H10O2.2Na.H2O4S/c1-2-3-4-5(6)7;;;1-5(2,3)4/h2-4H2,1H3,(H,6,7);;;(H2,1,2,3,4)/q;2*+1;/p-2. The SMILES string of the molecule is CCCCC(=O)O.O=S(=O)([O-])[O-].[Na+].[Na+]. The van der Waals surface area contributed by atoms with Gasteiger partial charge in [-0.2, -0.15) is 0 Å². The van der Waals surface area contributed by atoms with Crippen molar-refractivity contribution >= 4 is 16.4 Å². The summed E-state index contributed by atoms with van der Waals surface area (Å²) in [4.78, 5) is 9.76. The number of carboxylic acids is 1. The molecular formula is C5H10Na2O6S. The van der Waals surface area contributed by atoms with Crippen LogP contribution in [0, 0.1) is 0 Å². The van der Waals surface area contributed by atoms with Gasteiger partial charge in [-0.15, -0.1) is 0 Å². The minimum absolute atomic E-state index is 0. The van der Waals surface area contributed by atoms with Gasteiger partial charge in [0.05, 0.1) is 0 Å². The number of rotatable bonds is 3. The fraction of sp³-hybridized carbons (Fsp3) is 0.800. The van der Waals surface area contributed by atoms with E-state index in [-0.39, 0.29) is 59.1 Å². The average molecular weight is 244 g/mol. The van der Waals surface area contributed by atoms with Crippen LogP contribution in [0.1, 0.15) is 26.2 Å². The van der Waals surface area contributed by atoms with Crippen LogP contribution in [-0.4, -0.2) is 28.6 Å². The van der Waals surface area contributed by atoms with E-state index in [0.717, 1.165) is 12.8 Å². The molecule has 74 valence electrons. The molecule has 0 aromatic rings. The Labute approximate surface area is 128 Å². The monoisotopic (exact) mass is 244 g/mol. The topological polar surface area (TPSA) is 118 Å². The molecule has 0 bridgehead atoms. The smallest absolute Gasteiger partial charge is 0.759 e. The summed E-state index contributed by atoms with van der Waals surface area (Å²) >= 11 is 0. The molecule has 0 aliphatic carbocycles. The predicted octanol–water partition coefficient (Wildman–Crippen LogP) is -6.07. The van der Waals surface area contributed by atoms with Crippen LogP contribution in [0.4, 0.5) is 0 Å². The first-order valence-corrected chi connectivity index (χ1v) is 4.49. The second-order valence-corrected chi connectivity index (χ2v) is 2.72. The molecule has 0 saturated heterocycles. The van der Waals surface area contributed by atoms with Gasteiger partial charge < -0.3 is 14.2 Å². The molecule has 0 aliphatic rings. The van der Waals surface area contributed by atoms with Gasteiger partial charge in [0.25, 0.3) is 0 Å². The predicted molar refractivity (Wildman–Crippen MR) is 37.6 cm³/mol. The maximum atomic E-state index is 9.76. The Hall–Kier alpha value is 1.34. The molecule has 9 heteroatoms. The zero-order valence-corrected chi connectivity index (χ0v) is 13.3. The largest absolute Gasteiger partial charge is 1.00 e. The Bertz CT molecular complexity index is 206. The second-order valence-electron chi connectivity index (χ2n) is 1.91. The summed E-state index contributed by atoms with van der Waals surface area (Å²) in [6.45, 7) is 1.98. The molecule has 0 rings (SSSR count). The number of carboxylic acid groups (broad SMARTS) is 1. The van der Waals surface area contributed by atoms with Crippen molar-refractivity contribution in [1.82, 2.24) is 0 Å². The van der Waals surface area contributed by atoms with Crippen molar-refractivity contribution in [3.63, 3.8) is 0 Å². The molecule has 0 atom stereocenters. The second kappa shape index (κ2) is 14.3. The van der Waals surface area contributed by atoms with Crippen LogP contribution < -0.4 is 59.1 Å². The number of hydrogen-bond acceptors (Lipinski definition) is 5. The maximum absolute atomic E-state index is 9.76. The molecule has 0 heterocycles. The van der Waals surface area contributed by atoms with Crippen LogP contribution in [-0.2, 0) is 15.2 Å². The van der Waals surface area contributed by atoms with E-state index in [4.69, 9.17) is 22.6 Å². The molecule has 0 aromatic carbocycles. The molecule has 0 spiro atoms. The molecular weight excluding hydrogens is 234 g/mol. The molecule has 14 heavy (non-hydrogen) atoms. The summed E-state index contributed by atoms with van der Waals surface area (Å²) in [5.41, 5.74) is 0. The fourth-order valence-corrected chi connectivity index (χ4v) is 0.328. The van der Waals surface area contributed by atoms with Crippen LogP contribution in [0.2, 0.25) is 0 Å². The Morgan fingerprint density at radius 1 is 1.29 bits per heavy atom. The summed E-state index contributed by atoms with van der Waals surface area (Å²) < 4.78 is 34.1. The zero-order valence-electron chi connectivity index (χ0n) is 8.52. The summed E-state index contributed by atoms with van der Waals surface area (Å²) in [5.74, 6) is -0.693. The molecule has 0 saturated carbocycles. The maximum Gasteiger partial charge on any atom is 1.00 e. The van der Waals surface area contributed by atoms with E-state index in [2.05, 4.69) is 0 Å². The Kier molecular flexibility index (Phi) is 25.1. The molecule has 6 nitrogen and oxygen atoms in total. The normalized spacial score (nSPS) is 8.50. The molecule has 0 aliphatic heterocycles. The third kappa shape index (κ3) is 71.2. The van der Waals surface area contributed by atoms with Crippen molar-refractivity contribution in [3.05, 3.63) is 0 Å². The van der Waals surface area contributed by atoms with Crippen molar-refractivity contribution in [2.75, 3.05) is 0 Å². The van der Waals surface area contributed by atoms with Gasteiger partial charge in [-0.05, 0) is 6.42 Å². The van der Waals surface area contributed by atoms with Crippen LogP contribution in [0.5, 0.6) is 0 Å².